The van der Waals surface area contributed by atoms with Crippen molar-refractivity contribution in [3.8, 4) is 0 Å². The molecule has 1 aromatic carbocycles. The third-order valence-corrected chi connectivity index (χ3v) is 2.01. The Kier molecular flexibility index (Phi) is 5.21. The monoisotopic (exact) mass is 232 g/mol. The molecule has 1 aromatic rings. The van der Waals surface area contributed by atoms with Crippen molar-refractivity contribution >= 4 is 18.1 Å². The molecule has 0 spiro atoms. The molecule has 15 heavy (non-hydrogen) atoms. The Labute approximate surface area is 93.5 Å². The summed E-state index contributed by atoms with van der Waals surface area (Å²) in [6.45, 7) is 1.58. The number of benzene rings is 1. The Morgan fingerprint density at radius 2 is 1.87 bits per heavy atom. The minimum absolute atomic E-state index is 0. The number of non-ortho nitro benzene ring substituents is 1. The van der Waals surface area contributed by atoms with Gasteiger partial charge in [-0.05, 0) is 12.5 Å². The summed E-state index contributed by atoms with van der Waals surface area (Å²) in [5.74, 6) is 0. The molecule has 2 atom stereocenters. The molecule has 0 bridgehead atoms. The fraction of sp³-hybridized carbons (Fsp3) is 0.333. The average molecular weight is 233 g/mol. The van der Waals surface area contributed by atoms with Crippen LogP contribution < -0.4 is 5.73 Å². The van der Waals surface area contributed by atoms with E-state index in [0.29, 0.717) is 5.56 Å². The van der Waals surface area contributed by atoms with Crippen molar-refractivity contribution in [2.75, 3.05) is 0 Å². The molecule has 3 N–H and O–H groups in total. The van der Waals surface area contributed by atoms with Crippen molar-refractivity contribution in [2.24, 2.45) is 5.73 Å². The number of aliphatic hydroxyl groups is 1. The Morgan fingerprint density at radius 3 is 2.20 bits per heavy atom. The molecular weight excluding hydrogens is 220 g/mol. The molecule has 0 aliphatic rings. The third-order valence-electron chi connectivity index (χ3n) is 2.01. The topological polar surface area (TPSA) is 89.4 Å². The molecular formula is C9H13ClN2O3. The molecule has 0 aliphatic carbocycles. The van der Waals surface area contributed by atoms with Crippen molar-refractivity contribution in [3.63, 3.8) is 0 Å². The summed E-state index contributed by atoms with van der Waals surface area (Å²) in [7, 11) is 0. The SMILES string of the molecule is C[C@@H](O)[C@@H](N)c1ccc([N+](=O)[O-])cc1.Cl. The predicted octanol–water partition coefficient (Wildman–Crippen LogP) is 1.40. The Bertz CT molecular complexity index is 327. The molecule has 0 heterocycles. The fourth-order valence-corrected chi connectivity index (χ4v) is 1.10. The average Bonchev–Trinajstić information content (AvgIpc) is 2.16. The minimum atomic E-state index is -0.670. The van der Waals surface area contributed by atoms with E-state index in [-0.39, 0.29) is 18.1 Å². The number of rotatable bonds is 3. The molecule has 6 heteroatoms. The zero-order valence-electron chi connectivity index (χ0n) is 8.16. The van der Waals surface area contributed by atoms with Crippen LogP contribution in [-0.4, -0.2) is 16.1 Å². The van der Waals surface area contributed by atoms with Crippen molar-refractivity contribution in [1.82, 2.24) is 0 Å². The lowest BCUT2D eigenvalue weighted by Gasteiger charge is -2.14. The summed E-state index contributed by atoms with van der Waals surface area (Å²) in [5.41, 5.74) is 6.35. The highest BCUT2D eigenvalue weighted by molar-refractivity contribution is 5.85. The molecule has 0 saturated carbocycles. The van der Waals surface area contributed by atoms with E-state index < -0.39 is 17.1 Å². The second kappa shape index (κ2) is 5.65. The van der Waals surface area contributed by atoms with Gasteiger partial charge in [-0.1, -0.05) is 12.1 Å². The molecule has 1 rings (SSSR count). The summed E-state index contributed by atoms with van der Waals surface area (Å²) >= 11 is 0. The van der Waals surface area contributed by atoms with Crippen LogP contribution in [0.3, 0.4) is 0 Å². The fourth-order valence-electron chi connectivity index (χ4n) is 1.10. The number of aliphatic hydroxyl groups excluding tert-OH is 1. The lowest BCUT2D eigenvalue weighted by Crippen LogP contribution is -2.22. The molecule has 0 aliphatic heterocycles. The molecule has 0 amide bonds. The molecule has 0 fully saturated rings. The largest absolute Gasteiger partial charge is 0.391 e. The Hall–Kier alpha value is -1.17. The van der Waals surface area contributed by atoms with E-state index in [1.54, 1.807) is 19.1 Å². The van der Waals surface area contributed by atoms with Gasteiger partial charge in [0.2, 0.25) is 0 Å². The van der Waals surface area contributed by atoms with Gasteiger partial charge in [0.05, 0.1) is 17.1 Å². The highest BCUT2D eigenvalue weighted by Gasteiger charge is 2.13. The van der Waals surface area contributed by atoms with Crippen LogP contribution in [0.15, 0.2) is 24.3 Å². The number of nitrogens with zero attached hydrogens (tertiary/aromatic N) is 1. The second-order valence-electron chi connectivity index (χ2n) is 3.12. The zero-order chi connectivity index (χ0) is 10.7. The van der Waals surface area contributed by atoms with Gasteiger partial charge in [-0.25, -0.2) is 0 Å². The van der Waals surface area contributed by atoms with Gasteiger partial charge in [0.1, 0.15) is 0 Å². The summed E-state index contributed by atoms with van der Waals surface area (Å²) in [6, 6.07) is 5.34. The molecule has 84 valence electrons. The first-order valence-electron chi connectivity index (χ1n) is 4.20. The summed E-state index contributed by atoms with van der Waals surface area (Å²) in [5, 5.41) is 19.5. The van der Waals surface area contributed by atoms with Crippen LogP contribution in [0.25, 0.3) is 0 Å². The molecule has 0 unspecified atom stereocenters. The maximum absolute atomic E-state index is 10.3. The number of nitro benzene ring substituents is 1. The van der Waals surface area contributed by atoms with E-state index in [1.807, 2.05) is 0 Å². The van der Waals surface area contributed by atoms with Gasteiger partial charge in [-0.15, -0.1) is 12.4 Å². The number of hydrogen-bond acceptors (Lipinski definition) is 4. The van der Waals surface area contributed by atoms with Crippen molar-refractivity contribution in [3.05, 3.63) is 39.9 Å². The van der Waals surface area contributed by atoms with Gasteiger partial charge in [0.25, 0.3) is 5.69 Å². The van der Waals surface area contributed by atoms with Crippen LogP contribution in [0.2, 0.25) is 0 Å². The molecule has 5 nitrogen and oxygen atoms in total. The normalized spacial score (nSPS) is 13.8. The minimum Gasteiger partial charge on any atom is -0.391 e. The highest BCUT2D eigenvalue weighted by Crippen LogP contribution is 2.18. The molecule has 0 radical (unpaired) electrons. The number of nitrogens with two attached hydrogens (primary N) is 1. The first-order valence-corrected chi connectivity index (χ1v) is 4.20. The number of nitro groups is 1. The lowest BCUT2D eigenvalue weighted by molar-refractivity contribution is -0.384. The molecule has 0 saturated heterocycles. The third kappa shape index (κ3) is 3.47. The smallest absolute Gasteiger partial charge is 0.269 e. The highest BCUT2D eigenvalue weighted by atomic mass is 35.5. The van der Waals surface area contributed by atoms with E-state index in [0.717, 1.165) is 0 Å². The first-order chi connectivity index (χ1) is 6.52. The summed E-state index contributed by atoms with van der Waals surface area (Å²) < 4.78 is 0. The molecule has 0 aromatic heterocycles. The van der Waals surface area contributed by atoms with Crippen LogP contribution in [0.1, 0.15) is 18.5 Å². The maximum Gasteiger partial charge on any atom is 0.269 e. The quantitative estimate of drug-likeness (QED) is 0.609. The van der Waals surface area contributed by atoms with Crippen LogP contribution in [-0.2, 0) is 0 Å². The van der Waals surface area contributed by atoms with E-state index in [9.17, 15) is 15.2 Å². The van der Waals surface area contributed by atoms with Gasteiger partial charge in [0.15, 0.2) is 0 Å². The number of hydrogen-bond donors (Lipinski definition) is 2. The van der Waals surface area contributed by atoms with Gasteiger partial charge in [-0.2, -0.15) is 0 Å². The van der Waals surface area contributed by atoms with Gasteiger partial charge in [0, 0.05) is 12.1 Å². The van der Waals surface area contributed by atoms with E-state index in [2.05, 4.69) is 0 Å². The van der Waals surface area contributed by atoms with Crippen LogP contribution >= 0.6 is 12.4 Å². The van der Waals surface area contributed by atoms with E-state index >= 15 is 0 Å². The van der Waals surface area contributed by atoms with Crippen molar-refractivity contribution in [2.45, 2.75) is 19.1 Å². The maximum atomic E-state index is 10.3. The summed E-state index contributed by atoms with van der Waals surface area (Å²) in [4.78, 5) is 9.87. The van der Waals surface area contributed by atoms with Crippen molar-refractivity contribution in [1.29, 1.82) is 0 Å². The Balaban J connectivity index is 0.00000196. The van der Waals surface area contributed by atoms with Crippen LogP contribution in [0, 0.1) is 10.1 Å². The van der Waals surface area contributed by atoms with Crippen LogP contribution in [0.5, 0.6) is 0 Å². The van der Waals surface area contributed by atoms with Gasteiger partial charge < -0.3 is 10.8 Å². The lowest BCUT2D eigenvalue weighted by atomic mass is 10.0. The predicted molar refractivity (Wildman–Crippen MR) is 59.0 cm³/mol. The van der Waals surface area contributed by atoms with Crippen molar-refractivity contribution < 1.29 is 10.0 Å². The standard InChI is InChI=1S/C9H12N2O3.ClH/c1-6(12)9(10)7-2-4-8(5-3-7)11(13)14;/h2-6,9,12H,10H2,1H3;1H/t6-,9-;/m1./s1. The number of halogens is 1. The van der Waals surface area contributed by atoms with Gasteiger partial charge >= 0.3 is 0 Å². The van der Waals surface area contributed by atoms with E-state index in [1.165, 1.54) is 12.1 Å². The first kappa shape index (κ1) is 13.8. The summed E-state index contributed by atoms with van der Waals surface area (Å²) in [6.07, 6.45) is -0.670. The second-order valence-corrected chi connectivity index (χ2v) is 3.12. The van der Waals surface area contributed by atoms with Crippen LogP contribution in [0.4, 0.5) is 5.69 Å². The van der Waals surface area contributed by atoms with Gasteiger partial charge in [-0.3, -0.25) is 10.1 Å². The zero-order valence-corrected chi connectivity index (χ0v) is 8.98. The van der Waals surface area contributed by atoms with E-state index in [4.69, 9.17) is 5.73 Å². The Morgan fingerprint density at radius 1 is 1.40 bits per heavy atom.